The Kier molecular flexibility index (Phi) is 5.15. The van der Waals surface area contributed by atoms with Gasteiger partial charge in [-0.3, -0.25) is 4.79 Å². The largest absolute Gasteiger partial charge is 0.481 e. The Bertz CT molecular complexity index is 405. The van der Waals surface area contributed by atoms with Crippen LogP contribution in [0.1, 0.15) is 32.4 Å². The fraction of sp³-hybridized carbons (Fsp3) is 0.500. The molecule has 1 rings (SSSR count). The van der Waals surface area contributed by atoms with Crippen LogP contribution < -0.4 is 10.6 Å². The number of amides is 2. The molecule has 5 nitrogen and oxygen atoms in total. The van der Waals surface area contributed by atoms with Crippen LogP contribution in [0.2, 0.25) is 0 Å². The average molecular weight is 270 g/mol. The van der Waals surface area contributed by atoms with E-state index in [1.54, 1.807) is 25.2 Å². The molecule has 0 fully saturated rings. The Morgan fingerprint density at radius 1 is 1.28 bits per heavy atom. The van der Waals surface area contributed by atoms with Gasteiger partial charge in [-0.25, -0.2) is 4.79 Å². The maximum Gasteiger partial charge on any atom is 0.315 e. The van der Waals surface area contributed by atoms with Crippen molar-refractivity contribution in [1.82, 2.24) is 10.6 Å². The number of rotatable bonds is 5. The second kappa shape index (κ2) is 6.39. The Labute approximate surface area is 110 Å². The Balaban J connectivity index is 2.44. The summed E-state index contributed by atoms with van der Waals surface area (Å²) >= 11 is 1.57. The van der Waals surface area contributed by atoms with E-state index >= 15 is 0 Å². The van der Waals surface area contributed by atoms with Gasteiger partial charge in [-0.05, 0) is 43.2 Å². The van der Waals surface area contributed by atoms with E-state index in [4.69, 9.17) is 5.11 Å². The van der Waals surface area contributed by atoms with E-state index in [1.165, 1.54) is 0 Å². The highest BCUT2D eigenvalue weighted by Crippen LogP contribution is 2.15. The highest BCUT2D eigenvalue weighted by molar-refractivity contribution is 7.07. The lowest BCUT2D eigenvalue weighted by atomic mass is 10.0. The van der Waals surface area contributed by atoms with Crippen LogP contribution in [0.5, 0.6) is 0 Å². The third-order valence-electron chi connectivity index (χ3n) is 2.89. The highest BCUT2D eigenvalue weighted by atomic mass is 32.1. The van der Waals surface area contributed by atoms with Crippen LogP contribution in [-0.2, 0) is 4.79 Å². The van der Waals surface area contributed by atoms with Crippen LogP contribution in [0.3, 0.4) is 0 Å². The fourth-order valence-electron chi connectivity index (χ4n) is 1.39. The van der Waals surface area contributed by atoms with Crippen molar-refractivity contribution >= 4 is 23.3 Å². The van der Waals surface area contributed by atoms with Crippen LogP contribution >= 0.6 is 11.3 Å². The van der Waals surface area contributed by atoms with Gasteiger partial charge >= 0.3 is 12.0 Å². The monoisotopic (exact) mass is 270 g/mol. The van der Waals surface area contributed by atoms with E-state index in [-0.39, 0.29) is 12.1 Å². The number of aliphatic carboxylic acids is 1. The van der Waals surface area contributed by atoms with Crippen molar-refractivity contribution in [2.24, 2.45) is 5.92 Å². The second-order valence-corrected chi connectivity index (χ2v) is 5.09. The number of hydrogen-bond donors (Lipinski definition) is 3. The number of carboxylic acids is 1. The van der Waals surface area contributed by atoms with Crippen LogP contribution in [0.15, 0.2) is 16.8 Å². The minimum absolute atomic E-state index is 0.0939. The van der Waals surface area contributed by atoms with E-state index in [0.29, 0.717) is 0 Å². The first-order valence-electron chi connectivity index (χ1n) is 5.73. The van der Waals surface area contributed by atoms with Crippen LogP contribution in [0.4, 0.5) is 4.79 Å². The predicted octanol–water partition coefficient (Wildman–Crippen LogP) is 2.22. The number of carboxylic acid groups (broad SMARTS) is 1. The van der Waals surface area contributed by atoms with Gasteiger partial charge in [-0.1, -0.05) is 0 Å². The number of urea groups is 1. The first kappa shape index (κ1) is 14.5. The zero-order valence-corrected chi connectivity index (χ0v) is 11.5. The average Bonchev–Trinajstić information content (AvgIpc) is 2.80. The number of hydrogen-bond acceptors (Lipinski definition) is 3. The molecule has 6 heteroatoms. The SMILES string of the molecule is CC(NC(=O)NC(C)C(C)C(=O)O)c1ccsc1. The summed E-state index contributed by atoms with van der Waals surface area (Å²) < 4.78 is 0. The molecule has 18 heavy (non-hydrogen) atoms. The molecule has 3 unspecified atom stereocenters. The number of thiophene rings is 1. The molecule has 3 atom stereocenters. The van der Waals surface area contributed by atoms with Crippen molar-refractivity contribution in [3.05, 3.63) is 22.4 Å². The molecule has 0 saturated heterocycles. The Morgan fingerprint density at radius 3 is 2.44 bits per heavy atom. The normalized spacial score (nSPS) is 15.5. The van der Waals surface area contributed by atoms with Crippen LogP contribution in [0.25, 0.3) is 0 Å². The maximum absolute atomic E-state index is 11.7. The molecule has 100 valence electrons. The van der Waals surface area contributed by atoms with Gasteiger partial charge in [0.2, 0.25) is 0 Å². The summed E-state index contributed by atoms with van der Waals surface area (Å²) in [5, 5.41) is 18.1. The molecule has 0 bridgehead atoms. The van der Waals surface area contributed by atoms with Crippen LogP contribution in [-0.4, -0.2) is 23.1 Å². The van der Waals surface area contributed by atoms with Crippen molar-refractivity contribution in [2.75, 3.05) is 0 Å². The lowest BCUT2D eigenvalue weighted by Gasteiger charge is -2.20. The standard InChI is InChI=1S/C12H18N2O3S/c1-7(11(15)16)8(2)13-12(17)14-9(3)10-4-5-18-6-10/h4-9H,1-3H3,(H,15,16)(H2,13,14,17). The smallest absolute Gasteiger partial charge is 0.315 e. The minimum Gasteiger partial charge on any atom is -0.481 e. The van der Waals surface area contributed by atoms with Gasteiger partial charge in [0, 0.05) is 6.04 Å². The van der Waals surface area contributed by atoms with Gasteiger partial charge in [-0.15, -0.1) is 0 Å². The third kappa shape index (κ3) is 4.03. The molecule has 1 aromatic rings. The molecular weight excluding hydrogens is 252 g/mol. The van der Waals surface area contributed by atoms with Crippen LogP contribution in [0, 0.1) is 5.92 Å². The van der Waals surface area contributed by atoms with Crippen molar-refractivity contribution in [3.63, 3.8) is 0 Å². The molecule has 0 aliphatic rings. The van der Waals surface area contributed by atoms with Gasteiger partial charge in [0.15, 0.2) is 0 Å². The van der Waals surface area contributed by atoms with Gasteiger partial charge in [0.1, 0.15) is 0 Å². The topological polar surface area (TPSA) is 78.4 Å². The van der Waals surface area contributed by atoms with E-state index < -0.39 is 17.9 Å². The molecular formula is C12H18N2O3S. The predicted molar refractivity (Wildman–Crippen MR) is 70.7 cm³/mol. The molecule has 0 radical (unpaired) electrons. The van der Waals surface area contributed by atoms with Gasteiger partial charge < -0.3 is 15.7 Å². The molecule has 0 aliphatic carbocycles. The van der Waals surface area contributed by atoms with E-state index in [0.717, 1.165) is 5.56 Å². The van der Waals surface area contributed by atoms with Crippen molar-refractivity contribution in [2.45, 2.75) is 32.9 Å². The molecule has 0 spiro atoms. The summed E-state index contributed by atoms with van der Waals surface area (Å²) in [4.78, 5) is 22.4. The zero-order valence-electron chi connectivity index (χ0n) is 10.6. The first-order valence-corrected chi connectivity index (χ1v) is 6.68. The maximum atomic E-state index is 11.7. The summed E-state index contributed by atoms with van der Waals surface area (Å²) in [6.07, 6.45) is 0. The molecule has 3 N–H and O–H groups in total. The zero-order chi connectivity index (χ0) is 13.7. The fourth-order valence-corrected chi connectivity index (χ4v) is 2.14. The highest BCUT2D eigenvalue weighted by Gasteiger charge is 2.21. The lowest BCUT2D eigenvalue weighted by molar-refractivity contribution is -0.141. The molecule has 2 amide bonds. The molecule has 1 heterocycles. The summed E-state index contributed by atoms with van der Waals surface area (Å²) in [6, 6.07) is 1.08. The Morgan fingerprint density at radius 2 is 1.94 bits per heavy atom. The summed E-state index contributed by atoms with van der Waals surface area (Å²) in [5.74, 6) is -1.54. The number of nitrogens with one attached hydrogen (secondary N) is 2. The second-order valence-electron chi connectivity index (χ2n) is 4.31. The van der Waals surface area contributed by atoms with Crippen molar-refractivity contribution in [1.29, 1.82) is 0 Å². The van der Waals surface area contributed by atoms with Gasteiger partial charge in [0.25, 0.3) is 0 Å². The number of carbonyl (C=O) groups excluding carboxylic acids is 1. The molecule has 1 aromatic heterocycles. The quantitative estimate of drug-likeness (QED) is 0.767. The first-order chi connectivity index (χ1) is 8.41. The minimum atomic E-state index is -0.923. The van der Waals surface area contributed by atoms with Crippen molar-refractivity contribution in [3.8, 4) is 0 Å². The van der Waals surface area contributed by atoms with E-state index in [2.05, 4.69) is 10.6 Å². The van der Waals surface area contributed by atoms with Crippen molar-refractivity contribution < 1.29 is 14.7 Å². The molecule has 0 aromatic carbocycles. The summed E-state index contributed by atoms with van der Waals surface area (Å²) in [7, 11) is 0. The van der Waals surface area contributed by atoms with E-state index in [1.807, 2.05) is 23.8 Å². The lowest BCUT2D eigenvalue weighted by Crippen LogP contribution is -2.45. The molecule has 0 saturated carbocycles. The van der Waals surface area contributed by atoms with Gasteiger partial charge in [0.05, 0.1) is 12.0 Å². The summed E-state index contributed by atoms with van der Waals surface area (Å²) in [5.41, 5.74) is 1.04. The number of carbonyl (C=O) groups is 2. The summed E-state index contributed by atoms with van der Waals surface area (Å²) in [6.45, 7) is 5.12. The molecule has 0 aliphatic heterocycles. The Hall–Kier alpha value is -1.56. The van der Waals surface area contributed by atoms with Gasteiger partial charge in [-0.2, -0.15) is 11.3 Å². The third-order valence-corrected chi connectivity index (χ3v) is 3.59. The van der Waals surface area contributed by atoms with E-state index in [9.17, 15) is 9.59 Å².